The Labute approximate surface area is 126 Å². The highest BCUT2D eigenvalue weighted by molar-refractivity contribution is 5.94. The Hall–Kier alpha value is -1.85. The molecule has 1 aromatic rings. The molecule has 0 atom stereocenters. The summed E-state index contributed by atoms with van der Waals surface area (Å²) in [6.07, 6.45) is 0.778. The average molecular weight is 295 g/mol. The molecule has 1 rings (SSSR count). The second kappa shape index (κ2) is 7.81. The number of amides is 1. The van der Waals surface area contributed by atoms with Crippen molar-refractivity contribution in [2.24, 2.45) is 0 Å². The second-order valence-electron chi connectivity index (χ2n) is 5.23. The van der Waals surface area contributed by atoms with Gasteiger partial charge in [-0.3, -0.25) is 14.3 Å². The largest absolute Gasteiger partial charge is 0.468 e. The Morgan fingerprint density at radius 3 is 2.52 bits per heavy atom. The van der Waals surface area contributed by atoms with Gasteiger partial charge in [0.25, 0.3) is 5.91 Å². The molecule has 6 heteroatoms. The van der Waals surface area contributed by atoms with Gasteiger partial charge >= 0.3 is 5.97 Å². The number of aromatic nitrogens is 2. The van der Waals surface area contributed by atoms with E-state index >= 15 is 0 Å². The average Bonchev–Trinajstić information content (AvgIpc) is 2.90. The summed E-state index contributed by atoms with van der Waals surface area (Å²) in [7, 11) is 1.32. The predicted molar refractivity (Wildman–Crippen MR) is 80.2 cm³/mol. The number of carbonyl (C=O) groups is 2. The second-order valence-corrected chi connectivity index (χ2v) is 5.23. The van der Waals surface area contributed by atoms with E-state index in [1.807, 2.05) is 33.8 Å². The fraction of sp³-hybridized carbons (Fsp3) is 0.667. The molecule has 1 amide bonds. The molecule has 0 bridgehead atoms. The highest BCUT2D eigenvalue weighted by atomic mass is 16.5. The molecule has 0 saturated heterocycles. The molecule has 21 heavy (non-hydrogen) atoms. The molecule has 0 unspecified atom stereocenters. The van der Waals surface area contributed by atoms with Gasteiger partial charge in [-0.25, -0.2) is 0 Å². The summed E-state index contributed by atoms with van der Waals surface area (Å²) >= 11 is 0. The first-order valence-corrected chi connectivity index (χ1v) is 7.38. The van der Waals surface area contributed by atoms with E-state index < -0.39 is 5.97 Å². The fourth-order valence-electron chi connectivity index (χ4n) is 2.04. The summed E-state index contributed by atoms with van der Waals surface area (Å²) in [5, 5.41) is 4.44. The number of esters is 1. The van der Waals surface area contributed by atoms with E-state index in [1.54, 1.807) is 4.68 Å². The van der Waals surface area contributed by atoms with Crippen LogP contribution in [0.4, 0.5) is 0 Å². The van der Waals surface area contributed by atoms with Gasteiger partial charge < -0.3 is 9.64 Å². The van der Waals surface area contributed by atoms with E-state index in [1.165, 1.54) is 12.0 Å². The molecule has 0 spiro atoms. The topological polar surface area (TPSA) is 64.4 Å². The monoisotopic (exact) mass is 295 g/mol. The third-order valence-corrected chi connectivity index (χ3v) is 3.24. The van der Waals surface area contributed by atoms with E-state index in [2.05, 4.69) is 9.84 Å². The normalized spacial score (nSPS) is 10.8. The van der Waals surface area contributed by atoms with Crippen LogP contribution in [0.2, 0.25) is 0 Å². The quantitative estimate of drug-likeness (QED) is 0.722. The summed E-state index contributed by atoms with van der Waals surface area (Å²) < 4.78 is 6.35. The van der Waals surface area contributed by atoms with Gasteiger partial charge in [0.2, 0.25) is 0 Å². The number of rotatable bonds is 7. The number of aryl methyl sites for hydroxylation is 1. The molecule has 118 valence electrons. The van der Waals surface area contributed by atoms with Gasteiger partial charge in [-0.1, -0.05) is 20.8 Å². The van der Waals surface area contributed by atoms with E-state index in [4.69, 9.17) is 0 Å². The van der Waals surface area contributed by atoms with Crippen LogP contribution in [0.15, 0.2) is 6.07 Å². The summed E-state index contributed by atoms with van der Waals surface area (Å²) in [5.74, 6) is -0.337. The molecule has 0 aromatic carbocycles. The molecule has 1 aromatic heterocycles. The Morgan fingerprint density at radius 1 is 1.38 bits per heavy atom. The van der Waals surface area contributed by atoms with Crippen molar-refractivity contribution in [1.82, 2.24) is 14.7 Å². The first kappa shape index (κ1) is 17.2. The smallest absolute Gasteiger partial charge is 0.325 e. The number of ether oxygens (including phenoxy) is 1. The number of nitrogens with zero attached hydrogens (tertiary/aromatic N) is 3. The van der Waals surface area contributed by atoms with Crippen LogP contribution >= 0.6 is 0 Å². The van der Waals surface area contributed by atoms with E-state index in [9.17, 15) is 9.59 Å². The lowest BCUT2D eigenvalue weighted by Gasteiger charge is -2.20. The third kappa shape index (κ3) is 4.31. The minimum atomic E-state index is -0.413. The number of carbonyl (C=O) groups excluding carboxylic acids is 2. The number of hydrogen-bond donors (Lipinski definition) is 0. The maximum Gasteiger partial charge on any atom is 0.325 e. The van der Waals surface area contributed by atoms with Crippen molar-refractivity contribution in [2.45, 2.75) is 46.6 Å². The van der Waals surface area contributed by atoms with Gasteiger partial charge in [0.1, 0.15) is 12.2 Å². The zero-order valence-corrected chi connectivity index (χ0v) is 13.5. The fourth-order valence-corrected chi connectivity index (χ4v) is 2.04. The van der Waals surface area contributed by atoms with Crippen molar-refractivity contribution < 1.29 is 14.3 Å². The molecule has 0 aliphatic carbocycles. The van der Waals surface area contributed by atoms with Crippen molar-refractivity contribution in [3.63, 3.8) is 0 Å². The van der Waals surface area contributed by atoms with Crippen molar-refractivity contribution >= 4 is 11.9 Å². The minimum Gasteiger partial charge on any atom is -0.468 e. The highest BCUT2D eigenvalue weighted by Gasteiger charge is 2.23. The van der Waals surface area contributed by atoms with Crippen molar-refractivity contribution in [3.8, 4) is 0 Å². The van der Waals surface area contributed by atoms with Gasteiger partial charge in [0.05, 0.1) is 12.8 Å². The van der Waals surface area contributed by atoms with E-state index in [-0.39, 0.29) is 18.4 Å². The molecule has 0 saturated carbocycles. The summed E-state index contributed by atoms with van der Waals surface area (Å²) in [6.45, 7) is 9.08. The van der Waals surface area contributed by atoms with Crippen LogP contribution in [0.5, 0.6) is 0 Å². The Balaban J connectivity index is 3.04. The Kier molecular flexibility index (Phi) is 6.39. The number of methoxy groups -OCH3 is 1. The maximum atomic E-state index is 12.7. The molecule has 0 N–H and O–H groups in total. The van der Waals surface area contributed by atoms with Gasteiger partial charge in [-0.15, -0.1) is 0 Å². The molecule has 0 radical (unpaired) electrons. The molecule has 0 fully saturated rings. The molecule has 0 aliphatic rings. The molecular weight excluding hydrogens is 270 g/mol. The predicted octanol–water partition coefficient (Wildman–Crippen LogP) is 2.05. The van der Waals surface area contributed by atoms with Crippen LogP contribution in [-0.4, -0.2) is 46.8 Å². The van der Waals surface area contributed by atoms with Crippen LogP contribution in [0.3, 0.4) is 0 Å². The van der Waals surface area contributed by atoms with Gasteiger partial charge in [-0.05, 0) is 25.3 Å². The maximum absolute atomic E-state index is 12.7. The van der Waals surface area contributed by atoms with Gasteiger partial charge in [0, 0.05) is 13.1 Å². The van der Waals surface area contributed by atoms with Crippen LogP contribution in [0.25, 0.3) is 0 Å². The zero-order valence-electron chi connectivity index (χ0n) is 13.5. The van der Waals surface area contributed by atoms with Crippen LogP contribution in [0.1, 0.15) is 56.2 Å². The zero-order chi connectivity index (χ0) is 16.0. The summed E-state index contributed by atoms with van der Waals surface area (Å²) in [6, 6.07) is 1.82. The molecule has 1 heterocycles. The standard InChI is InChI=1S/C15H25N3O3/c1-6-8-17(10-14(19)21-5)15(20)13-9-12(11(3)4)16-18(13)7-2/h9,11H,6-8,10H2,1-5H3. The SMILES string of the molecule is CCCN(CC(=O)OC)C(=O)c1cc(C(C)C)nn1CC. The van der Waals surface area contributed by atoms with Crippen LogP contribution < -0.4 is 0 Å². The van der Waals surface area contributed by atoms with E-state index in [0.717, 1.165) is 12.1 Å². The van der Waals surface area contributed by atoms with Gasteiger partial charge in [-0.2, -0.15) is 5.10 Å². The van der Waals surface area contributed by atoms with Crippen molar-refractivity contribution in [2.75, 3.05) is 20.2 Å². The summed E-state index contributed by atoms with van der Waals surface area (Å²) in [5.41, 5.74) is 1.41. The van der Waals surface area contributed by atoms with Crippen LogP contribution in [0, 0.1) is 0 Å². The summed E-state index contributed by atoms with van der Waals surface area (Å²) in [4.78, 5) is 25.6. The molecule has 0 aliphatic heterocycles. The molecular formula is C15H25N3O3. The first-order valence-electron chi connectivity index (χ1n) is 7.38. The van der Waals surface area contributed by atoms with Crippen LogP contribution in [-0.2, 0) is 16.1 Å². The highest BCUT2D eigenvalue weighted by Crippen LogP contribution is 2.16. The molecule has 6 nitrogen and oxygen atoms in total. The van der Waals surface area contributed by atoms with E-state index in [0.29, 0.717) is 18.8 Å². The Morgan fingerprint density at radius 2 is 2.05 bits per heavy atom. The third-order valence-electron chi connectivity index (χ3n) is 3.24. The lowest BCUT2D eigenvalue weighted by molar-refractivity contribution is -0.141. The van der Waals surface area contributed by atoms with Crippen molar-refractivity contribution in [3.05, 3.63) is 17.5 Å². The Bertz CT molecular complexity index is 494. The number of hydrogen-bond acceptors (Lipinski definition) is 4. The lowest BCUT2D eigenvalue weighted by atomic mass is 10.1. The first-order chi connectivity index (χ1) is 9.94. The van der Waals surface area contributed by atoms with Gasteiger partial charge in [0.15, 0.2) is 0 Å². The lowest BCUT2D eigenvalue weighted by Crippen LogP contribution is -2.37. The van der Waals surface area contributed by atoms with Crippen molar-refractivity contribution in [1.29, 1.82) is 0 Å². The minimum absolute atomic E-state index is 0.0327.